The highest BCUT2D eigenvalue weighted by atomic mass is 79.9. The number of aromatic hydroxyl groups is 1. The summed E-state index contributed by atoms with van der Waals surface area (Å²) in [4.78, 5) is 70.5. The number of rotatable bonds is 4. The van der Waals surface area contributed by atoms with E-state index < -0.39 is 52.9 Å². The highest BCUT2D eigenvalue weighted by molar-refractivity contribution is 9.10. The van der Waals surface area contributed by atoms with Crippen molar-refractivity contribution in [1.82, 2.24) is 4.90 Å². The normalized spacial score (nSPS) is 28.1. The first-order chi connectivity index (χ1) is 22.6. The number of phenolic OH excluding ortho intramolecular Hbond substituents is 1. The van der Waals surface area contributed by atoms with Crippen LogP contribution in [0.25, 0.3) is 5.57 Å². The first kappa shape index (κ1) is 30.8. The van der Waals surface area contributed by atoms with Gasteiger partial charge in [0, 0.05) is 17.4 Å². The zero-order valence-electron chi connectivity index (χ0n) is 25.5. The van der Waals surface area contributed by atoms with Crippen LogP contribution in [0, 0.1) is 23.7 Å². The van der Waals surface area contributed by atoms with Gasteiger partial charge < -0.3 is 14.6 Å². The van der Waals surface area contributed by atoms with Gasteiger partial charge in [-0.05, 0) is 69.6 Å². The number of imide groups is 3. The van der Waals surface area contributed by atoms with E-state index in [1.165, 1.54) is 13.2 Å². The van der Waals surface area contributed by atoms with E-state index in [1.807, 2.05) is 42.5 Å². The minimum atomic E-state index is -1.44. The second-order valence-corrected chi connectivity index (χ2v) is 13.2. The molecule has 3 aromatic rings. The third-order valence-electron chi connectivity index (χ3n) is 10.3. The standard InChI is InChI=1S/C37H30BrNO8/c1-46-28-16-20(15-27(38)33(28)42)31-22-13-14-23-30(35(44)39(34(23)43)36(45)47-2)25(22)17-26-32(41)24(19-9-5-3-6-10-19)18-29(40)37(26,31)21-11-7-4-8-12-21/h3-13,15-16,18,23,25-26,30-31,42H,14,17H2,1-2H3/t23-,25+,26-,30-,31-,37-/m0/s1. The van der Waals surface area contributed by atoms with Crippen LogP contribution in [-0.2, 0) is 29.3 Å². The monoisotopic (exact) mass is 695 g/mol. The van der Waals surface area contributed by atoms with Crippen molar-refractivity contribution in [3.63, 3.8) is 0 Å². The van der Waals surface area contributed by atoms with E-state index >= 15 is 4.79 Å². The van der Waals surface area contributed by atoms with E-state index in [2.05, 4.69) is 15.9 Å². The Morgan fingerprint density at radius 1 is 0.936 bits per heavy atom. The van der Waals surface area contributed by atoms with Gasteiger partial charge in [0.05, 0.1) is 35.9 Å². The summed E-state index contributed by atoms with van der Waals surface area (Å²) in [5.41, 5.74) is 1.36. The van der Waals surface area contributed by atoms with Crippen molar-refractivity contribution in [2.45, 2.75) is 24.2 Å². The number of hydrogen-bond acceptors (Lipinski definition) is 8. The van der Waals surface area contributed by atoms with Crippen molar-refractivity contribution in [2.24, 2.45) is 23.7 Å². The molecule has 0 radical (unpaired) electrons. The number of phenols is 1. The topological polar surface area (TPSA) is 127 Å². The van der Waals surface area contributed by atoms with Crippen molar-refractivity contribution in [1.29, 1.82) is 0 Å². The summed E-state index contributed by atoms with van der Waals surface area (Å²) in [7, 11) is 2.53. The van der Waals surface area contributed by atoms with Gasteiger partial charge in [-0.15, -0.1) is 0 Å². The van der Waals surface area contributed by atoms with Crippen LogP contribution < -0.4 is 4.74 Å². The smallest absolute Gasteiger partial charge is 0.423 e. The number of hydrogen-bond donors (Lipinski definition) is 1. The molecule has 238 valence electrons. The summed E-state index contributed by atoms with van der Waals surface area (Å²) in [6.07, 6.45) is 2.54. The minimum Gasteiger partial charge on any atom is -0.503 e. The summed E-state index contributed by atoms with van der Waals surface area (Å²) in [5.74, 6) is -5.97. The summed E-state index contributed by atoms with van der Waals surface area (Å²) in [5, 5.41) is 10.8. The number of benzene rings is 3. The van der Waals surface area contributed by atoms with Crippen LogP contribution in [-0.4, -0.2) is 53.7 Å². The number of ether oxygens (including phenoxy) is 2. The van der Waals surface area contributed by atoms with Gasteiger partial charge in [0.25, 0.3) is 0 Å². The molecule has 0 unspecified atom stereocenters. The summed E-state index contributed by atoms with van der Waals surface area (Å²) in [6, 6.07) is 21.5. The Morgan fingerprint density at radius 3 is 2.28 bits per heavy atom. The molecule has 0 aromatic heterocycles. The molecule has 3 amide bonds. The van der Waals surface area contributed by atoms with Crippen LogP contribution in [0.3, 0.4) is 0 Å². The zero-order valence-corrected chi connectivity index (χ0v) is 27.1. The van der Waals surface area contributed by atoms with Gasteiger partial charge in [-0.3, -0.25) is 19.2 Å². The first-order valence-corrected chi connectivity index (χ1v) is 16.1. The van der Waals surface area contributed by atoms with Gasteiger partial charge in [-0.1, -0.05) is 72.3 Å². The first-order valence-electron chi connectivity index (χ1n) is 15.3. The molecule has 47 heavy (non-hydrogen) atoms. The van der Waals surface area contributed by atoms with E-state index in [9.17, 15) is 24.3 Å². The number of allylic oxidation sites excluding steroid dienone is 4. The number of carbonyl (C=O) groups is 5. The van der Waals surface area contributed by atoms with Gasteiger partial charge in [0.2, 0.25) is 11.8 Å². The lowest BCUT2D eigenvalue weighted by Gasteiger charge is -2.55. The van der Waals surface area contributed by atoms with Crippen LogP contribution in [0.2, 0.25) is 0 Å². The number of amides is 3. The molecule has 1 aliphatic heterocycles. The lowest BCUT2D eigenvalue weighted by Crippen LogP contribution is -2.58. The van der Waals surface area contributed by atoms with E-state index in [1.54, 1.807) is 36.4 Å². The molecular weight excluding hydrogens is 666 g/mol. The van der Waals surface area contributed by atoms with Crippen LogP contribution in [0.4, 0.5) is 4.79 Å². The predicted octanol–water partition coefficient (Wildman–Crippen LogP) is 5.75. The average molecular weight is 697 g/mol. The van der Waals surface area contributed by atoms with Crippen LogP contribution in [0.5, 0.6) is 11.5 Å². The summed E-state index contributed by atoms with van der Waals surface area (Å²) < 4.78 is 10.6. The second kappa shape index (κ2) is 11.5. The van der Waals surface area contributed by atoms with Crippen molar-refractivity contribution >= 4 is 51.0 Å². The zero-order chi connectivity index (χ0) is 33.2. The maximum absolute atomic E-state index is 15.0. The molecule has 1 N–H and O–H groups in total. The molecule has 3 aliphatic carbocycles. The predicted molar refractivity (Wildman–Crippen MR) is 173 cm³/mol. The number of fused-ring (bicyclic) bond motifs is 4. The number of methoxy groups -OCH3 is 2. The molecule has 0 bridgehead atoms. The lowest BCUT2D eigenvalue weighted by molar-refractivity contribution is -0.138. The molecular formula is C37H30BrNO8. The Hall–Kier alpha value is -4.83. The average Bonchev–Trinajstić information content (AvgIpc) is 3.35. The molecule has 1 heterocycles. The quantitative estimate of drug-likeness (QED) is 0.270. The highest BCUT2D eigenvalue weighted by Crippen LogP contribution is 2.64. The van der Waals surface area contributed by atoms with Crippen LogP contribution in [0.1, 0.15) is 35.4 Å². The SMILES string of the molecule is COC(=O)N1C(=O)[C@H]2[C@H](CC=C3[C@H]2C[C@H]2C(=O)C(c4ccccc4)=CC(=O)[C@@]2(c2ccccc2)[C@H]3c2cc(Br)c(O)c(OC)c2)C1=O. The number of likely N-dealkylation sites (tertiary alicyclic amines) is 1. The number of Topliss-reactive ketones (excluding diaryl/α,β-unsaturated/α-hetero) is 1. The largest absolute Gasteiger partial charge is 0.503 e. The molecule has 10 heteroatoms. The molecule has 1 saturated carbocycles. The molecule has 1 saturated heterocycles. The van der Waals surface area contributed by atoms with E-state index in [-0.39, 0.29) is 41.5 Å². The van der Waals surface area contributed by atoms with Gasteiger partial charge in [-0.25, -0.2) is 4.79 Å². The molecule has 2 fully saturated rings. The molecule has 0 spiro atoms. The third-order valence-corrected chi connectivity index (χ3v) is 10.9. The Labute approximate surface area is 279 Å². The molecule has 4 aliphatic rings. The minimum absolute atomic E-state index is 0.0948. The van der Waals surface area contributed by atoms with E-state index in [0.29, 0.717) is 26.1 Å². The Morgan fingerprint density at radius 2 is 1.62 bits per heavy atom. The fraction of sp³-hybridized carbons (Fsp3) is 0.270. The fourth-order valence-corrected chi connectivity index (χ4v) is 8.90. The van der Waals surface area contributed by atoms with Gasteiger partial charge in [-0.2, -0.15) is 4.90 Å². The molecule has 9 nitrogen and oxygen atoms in total. The maximum Gasteiger partial charge on any atom is 0.423 e. The van der Waals surface area contributed by atoms with Crippen LogP contribution in [0.15, 0.2) is 95.0 Å². The van der Waals surface area contributed by atoms with Crippen molar-refractivity contribution in [3.05, 3.63) is 112 Å². The Kier molecular flexibility index (Phi) is 7.50. The summed E-state index contributed by atoms with van der Waals surface area (Å²) in [6.45, 7) is 0. The second-order valence-electron chi connectivity index (χ2n) is 12.3. The number of ketones is 2. The van der Waals surface area contributed by atoms with E-state index in [0.717, 1.165) is 12.7 Å². The van der Waals surface area contributed by atoms with Gasteiger partial charge in [0.15, 0.2) is 23.1 Å². The lowest BCUT2D eigenvalue weighted by atomic mass is 9.44. The Balaban J connectivity index is 1.52. The van der Waals surface area contributed by atoms with Crippen molar-refractivity contribution in [3.8, 4) is 11.5 Å². The summed E-state index contributed by atoms with van der Waals surface area (Å²) >= 11 is 3.45. The molecule has 6 atom stereocenters. The number of halogens is 1. The fourth-order valence-electron chi connectivity index (χ4n) is 8.44. The van der Waals surface area contributed by atoms with Gasteiger partial charge >= 0.3 is 6.09 Å². The molecule has 3 aromatic carbocycles. The Bertz CT molecular complexity index is 1920. The van der Waals surface area contributed by atoms with Crippen molar-refractivity contribution in [2.75, 3.05) is 14.2 Å². The number of carbonyl (C=O) groups excluding carboxylic acids is 5. The molecule has 7 rings (SSSR count). The maximum atomic E-state index is 15.0. The highest BCUT2D eigenvalue weighted by Gasteiger charge is 2.66. The third kappa shape index (κ3) is 4.37. The van der Waals surface area contributed by atoms with Crippen LogP contribution >= 0.6 is 15.9 Å². The van der Waals surface area contributed by atoms with Gasteiger partial charge in [0.1, 0.15) is 0 Å². The van der Waals surface area contributed by atoms with E-state index in [4.69, 9.17) is 9.47 Å². The number of nitrogens with zero attached hydrogens (tertiary/aromatic N) is 1. The van der Waals surface area contributed by atoms with Crippen molar-refractivity contribution < 1.29 is 38.6 Å².